The molecule has 180 valence electrons. The molecule has 6 rings (SSSR count). The Hall–Kier alpha value is -3.84. The van der Waals surface area contributed by atoms with Gasteiger partial charge in [0.2, 0.25) is 0 Å². The fourth-order valence-corrected chi connectivity index (χ4v) is 5.08. The molecule has 3 aromatic heterocycles. The van der Waals surface area contributed by atoms with Crippen LogP contribution in [0.4, 0.5) is 0 Å². The molecule has 0 amide bonds. The van der Waals surface area contributed by atoms with Crippen LogP contribution in [-0.4, -0.2) is 30.4 Å². The Morgan fingerprint density at radius 3 is 2.64 bits per heavy atom. The van der Waals surface area contributed by atoms with Crippen molar-refractivity contribution < 1.29 is 0 Å². The van der Waals surface area contributed by atoms with Crippen molar-refractivity contribution in [2.75, 3.05) is 0 Å². The molecule has 1 aliphatic carbocycles. The highest BCUT2D eigenvalue weighted by molar-refractivity contribution is 6.30. The molecule has 0 radical (unpaired) electrons. The van der Waals surface area contributed by atoms with E-state index in [-0.39, 0.29) is 5.56 Å². The van der Waals surface area contributed by atoms with Crippen LogP contribution in [0.1, 0.15) is 43.5 Å². The first-order valence-electron chi connectivity index (χ1n) is 12.2. The highest BCUT2D eigenvalue weighted by atomic mass is 35.5. The van der Waals surface area contributed by atoms with Crippen LogP contribution in [0.25, 0.3) is 33.2 Å². The number of halogens is 1. The number of para-hydroxylation sites is 2. The molecule has 0 bridgehead atoms. The van der Waals surface area contributed by atoms with Gasteiger partial charge in [0.05, 0.1) is 17.2 Å². The predicted molar refractivity (Wildman–Crippen MR) is 145 cm³/mol. The maximum absolute atomic E-state index is 13.9. The van der Waals surface area contributed by atoms with Gasteiger partial charge in [-0.25, -0.2) is 15.0 Å². The van der Waals surface area contributed by atoms with Gasteiger partial charge in [-0.2, -0.15) is 9.78 Å². The van der Waals surface area contributed by atoms with Crippen LogP contribution in [0.2, 0.25) is 5.02 Å². The lowest BCUT2D eigenvalue weighted by molar-refractivity contribution is 0.597. The summed E-state index contributed by atoms with van der Waals surface area (Å²) in [6, 6.07) is 15.1. The van der Waals surface area contributed by atoms with Gasteiger partial charge in [0.25, 0.3) is 5.56 Å². The van der Waals surface area contributed by atoms with E-state index in [4.69, 9.17) is 26.6 Å². The van der Waals surface area contributed by atoms with E-state index in [0.29, 0.717) is 39.6 Å². The van der Waals surface area contributed by atoms with Crippen molar-refractivity contribution in [2.45, 2.75) is 45.6 Å². The number of fused-ring (bicyclic) bond motifs is 4. The predicted octanol–water partition coefficient (Wildman–Crippen LogP) is 6.03. The molecule has 7 nitrogen and oxygen atoms in total. The maximum Gasteiger partial charge on any atom is 0.265 e. The summed E-state index contributed by atoms with van der Waals surface area (Å²) in [4.78, 5) is 28.4. The zero-order valence-electron chi connectivity index (χ0n) is 20.0. The van der Waals surface area contributed by atoms with Crippen LogP contribution in [0.3, 0.4) is 0 Å². The monoisotopic (exact) mass is 496 g/mol. The molecule has 0 spiro atoms. The molecule has 0 saturated carbocycles. The quantitative estimate of drug-likeness (QED) is 0.220. The largest absolute Gasteiger partial charge is 0.296 e. The van der Waals surface area contributed by atoms with E-state index in [2.05, 4.69) is 11.2 Å². The van der Waals surface area contributed by atoms with Crippen molar-refractivity contribution >= 4 is 51.0 Å². The van der Waals surface area contributed by atoms with E-state index in [9.17, 15) is 4.79 Å². The van der Waals surface area contributed by atoms with Crippen LogP contribution in [0, 0.1) is 6.92 Å². The van der Waals surface area contributed by atoms with Gasteiger partial charge < -0.3 is 0 Å². The normalized spacial score (nSPS) is 14.3. The van der Waals surface area contributed by atoms with Crippen LogP contribution in [0.5, 0.6) is 0 Å². The smallest absolute Gasteiger partial charge is 0.265 e. The van der Waals surface area contributed by atoms with Gasteiger partial charge in [0.1, 0.15) is 16.7 Å². The minimum absolute atomic E-state index is 0.111. The topological polar surface area (TPSA) is 78.0 Å². The summed E-state index contributed by atoms with van der Waals surface area (Å²) < 4.78 is 3.38. The van der Waals surface area contributed by atoms with Gasteiger partial charge in [-0.3, -0.25) is 9.36 Å². The standard InChI is InChI=1S/C28H25ClN6O/c1-18-31-26-24(28(36)34(18)15-14-19-8-3-2-4-9-19)25-27(33-23-13-6-5-12-22(23)32-25)35(26)30-17-20-10-7-11-21(29)16-20/h5-8,10-13,16-17H,2-4,9,14-15H2,1H3/b30-17+. The summed E-state index contributed by atoms with van der Waals surface area (Å²) in [5.74, 6) is 0.649. The lowest BCUT2D eigenvalue weighted by Crippen LogP contribution is -2.24. The summed E-state index contributed by atoms with van der Waals surface area (Å²) in [6.07, 6.45) is 9.58. The molecular weight excluding hydrogens is 472 g/mol. The molecule has 0 saturated heterocycles. The van der Waals surface area contributed by atoms with Crippen LogP contribution in [-0.2, 0) is 6.54 Å². The molecule has 8 heteroatoms. The van der Waals surface area contributed by atoms with Crippen molar-refractivity contribution in [1.29, 1.82) is 0 Å². The Labute approximate surface area is 212 Å². The molecule has 2 aromatic carbocycles. The SMILES string of the molecule is Cc1nc2c(c(=O)n1CCC1=CCCCC1)c1nc3ccccc3nc1n2/N=C/c1cccc(Cl)c1. The second-order valence-electron chi connectivity index (χ2n) is 9.17. The highest BCUT2D eigenvalue weighted by Gasteiger charge is 2.21. The van der Waals surface area contributed by atoms with Crippen molar-refractivity contribution in [3.05, 3.63) is 86.9 Å². The number of aryl methyl sites for hydroxylation is 1. The zero-order valence-corrected chi connectivity index (χ0v) is 20.7. The average molecular weight is 497 g/mol. The van der Waals surface area contributed by atoms with Crippen molar-refractivity contribution in [3.63, 3.8) is 0 Å². The number of hydrogen-bond acceptors (Lipinski definition) is 5. The van der Waals surface area contributed by atoms with Crippen LogP contribution in [0.15, 0.2) is 70.1 Å². The van der Waals surface area contributed by atoms with Crippen LogP contribution < -0.4 is 5.56 Å². The van der Waals surface area contributed by atoms with E-state index in [1.807, 2.05) is 55.5 Å². The second-order valence-corrected chi connectivity index (χ2v) is 9.60. The third kappa shape index (κ3) is 4.09. The first kappa shape index (κ1) is 22.6. The number of allylic oxidation sites excluding steroid dienone is 2. The molecule has 0 fully saturated rings. The molecule has 5 aromatic rings. The van der Waals surface area contributed by atoms with E-state index in [1.165, 1.54) is 18.4 Å². The Balaban J connectivity index is 1.56. The van der Waals surface area contributed by atoms with Crippen molar-refractivity contribution in [3.8, 4) is 0 Å². The van der Waals surface area contributed by atoms with Gasteiger partial charge in [0, 0.05) is 11.6 Å². The Kier molecular flexibility index (Phi) is 5.85. The van der Waals surface area contributed by atoms with Gasteiger partial charge in [0.15, 0.2) is 11.3 Å². The fourth-order valence-electron chi connectivity index (χ4n) is 4.89. The fraction of sp³-hybridized carbons (Fsp3) is 0.250. The van der Waals surface area contributed by atoms with Gasteiger partial charge >= 0.3 is 0 Å². The summed E-state index contributed by atoms with van der Waals surface area (Å²) in [6.45, 7) is 2.47. The first-order chi connectivity index (χ1) is 17.6. The number of hydrogen-bond donors (Lipinski definition) is 0. The molecular formula is C28H25ClN6O. The summed E-state index contributed by atoms with van der Waals surface area (Å²) in [5.41, 5.74) is 5.06. The summed E-state index contributed by atoms with van der Waals surface area (Å²) in [7, 11) is 0. The molecule has 0 unspecified atom stereocenters. The van der Waals surface area contributed by atoms with Crippen molar-refractivity contribution in [1.82, 2.24) is 24.2 Å². The Bertz CT molecular complexity index is 1750. The molecule has 0 aliphatic heterocycles. The third-order valence-corrected chi connectivity index (χ3v) is 6.98. The van der Waals surface area contributed by atoms with E-state index >= 15 is 0 Å². The van der Waals surface area contributed by atoms with Crippen LogP contribution >= 0.6 is 11.6 Å². The van der Waals surface area contributed by atoms with E-state index < -0.39 is 0 Å². The molecule has 1 aliphatic rings. The lowest BCUT2D eigenvalue weighted by Gasteiger charge is -2.14. The average Bonchev–Trinajstić information content (AvgIpc) is 3.18. The molecule has 36 heavy (non-hydrogen) atoms. The molecule has 3 heterocycles. The maximum atomic E-state index is 13.9. The number of aromatic nitrogens is 5. The Morgan fingerprint density at radius 2 is 1.86 bits per heavy atom. The third-order valence-electron chi connectivity index (χ3n) is 6.74. The molecule has 0 atom stereocenters. The molecule has 0 N–H and O–H groups in total. The lowest BCUT2D eigenvalue weighted by atomic mass is 9.97. The minimum Gasteiger partial charge on any atom is -0.296 e. The summed E-state index contributed by atoms with van der Waals surface area (Å²) >= 11 is 6.15. The Morgan fingerprint density at radius 1 is 1.03 bits per heavy atom. The van der Waals surface area contributed by atoms with E-state index in [1.54, 1.807) is 15.5 Å². The number of rotatable bonds is 5. The van der Waals surface area contributed by atoms with Gasteiger partial charge in [-0.15, -0.1) is 0 Å². The zero-order chi connectivity index (χ0) is 24.6. The highest BCUT2D eigenvalue weighted by Crippen LogP contribution is 2.26. The van der Waals surface area contributed by atoms with Crippen molar-refractivity contribution in [2.24, 2.45) is 5.10 Å². The second kappa shape index (κ2) is 9.32. The minimum atomic E-state index is -0.111. The number of benzene rings is 2. The number of nitrogens with zero attached hydrogens (tertiary/aromatic N) is 6. The first-order valence-corrected chi connectivity index (χ1v) is 12.6. The van der Waals surface area contributed by atoms with Gasteiger partial charge in [-0.05, 0) is 68.9 Å². The summed E-state index contributed by atoms with van der Waals surface area (Å²) in [5, 5.41) is 5.74. The van der Waals surface area contributed by atoms with Gasteiger partial charge in [-0.1, -0.05) is 47.5 Å². The van der Waals surface area contributed by atoms with E-state index in [0.717, 1.165) is 35.9 Å².